The molecular weight excluding hydrogens is 244 g/mol. The molecule has 2 unspecified atom stereocenters. The molecule has 0 aromatic rings. The van der Waals surface area contributed by atoms with Crippen molar-refractivity contribution in [2.24, 2.45) is 5.41 Å². The summed E-state index contributed by atoms with van der Waals surface area (Å²) in [5, 5.41) is 3.80. The second-order valence-electron chi connectivity index (χ2n) is 8.06. The number of hydrogen-bond donors (Lipinski definition) is 1. The lowest BCUT2D eigenvalue weighted by Crippen LogP contribution is -2.65. The summed E-state index contributed by atoms with van der Waals surface area (Å²) in [5.41, 5.74) is 0.677. The van der Waals surface area contributed by atoms with E-state index < -0.39 is 0 Å². The maximum absolute atomic E-state index is 3.80. The van der Waals surface area contributed by atoms with Gasteiger partial charge < -0.3 is 5.32 Å². The summed E-state index contributed by atoms with van der Waals surface area (Å²) in [6, 6.07) is 0.674. The first-order valence-corrected chi connectivity index (χ1v) is 8.81. The first kappa shape index (κ1) is 18.0. The van der Waals surface area contributed by atoms with Crippen molar-refractivity contribution in [2.45, 2.75) is 91.6 Å². The Morgan fingerprint density at radius 3 is 2.30 bits per heavy atom. The van der Waals surface area contributed by atoms with Crippen LogP contribution in [0, 0.1) is 5.41 Å². The Morgan fingerprint density at radius 1 is 1.10 bits per heavy atom. The molecule has 0 aromatic carbocycles. The predicted octanol–water partition coefficient (Wildman–Crippen LogP) is 4.45. The molecule has 1 N–H and O–H groups in total. The molecule has 2 atom stereocenters. The van der Waals surface area contributed by atoms with Crippen LogP contribution in [-0.2, 0) is 0 Å². The van der Waals surface area contributed by atoms with Crippen LogP contribution in [0.5, 0.6) is 0 Å². The molecule has 1 heterocycles. The monoisotopic (exact) mass is 282 g/mol. The Balaban J connectivity index is 2.54. The van der Waals surface area contributed by atoms with E-state index in [9.17, 15) is 0 Å². The van der Waals surface area contributed by atoms with E-state index in [4.69, 9.17) is 0 Å². The molecule has 0 spiro atoms. The van der Waals surface area contributed by atoms with Crippen molar-refractivity contribution in [2.75, 3.05) is 19.6 Å². The van der Waals surface area contributed by atoms with Gasteiger partial charge in [0.2, 0.25) is 0 Å². The molecule has 120 valence electrons. The molecule has 20 heavy (non-hydrogen) atoms. The minimum Gasteiger partial charge on any atom is -0.309 e. The third-order valence-electron chi connectivity index (χ3n) is 5.04. The average molecular weight is 283 g/mol. The van der Waals surface area contributed by atoms with E-state index in [1.807, 2.05) is 0 Å². The van der Waals surface area contributed by atoms with Crippen molar-refractivity contribution >= 4 is 0 Å². The summed E-state index contributed by atoms with van der Waals surface area (Å²) >= 11 is 0. The zero-order valence-electron chi connectivity index (χ0n) is 14.9. The highest BCUT2D eigenvalue weighted by Gasteiger charge is 2.39. The Labute approximate surface area is 127 Å². The maximum Gasteiger partial charge on any atom is 0.0278 e. The minimum absolute atomic E-state index is 0.311. The van der Waals surface area contributed by atoms with Gasteiger partial charge in [-0.2, -0.15) is 0 Å². The van der Waals surface area contributed by atoms with Crippen LogP contribution < -0.4 is 5.32 Å². The number of nitrogens with zero attached hydrogens (tertiary/aromatic N) is 1. The van der Waals surface area contributed by atoms with Crippen molar-refractivity contribution in [1.82, 2.24) is 10.2 Å². The second kappa shape index (κ2) is 7.79. The fourth-order valence-electron chi connectivity index (χ4n) is 3.33. The summed E-state index contributed by atoms with van der Waals surface area (Å²) in [4.78, 5) is 2.77. The van der Waals surface area contributed by atoms with Crippen LogP contribution >= 0.6 is 0 Å². The maximum atomic E-state index is 3.80. The van der Waals surface area contributed by atoms with Gasteiger partial charge in [-0.05, 0) is 31.7 Å². The topological polar surface area (TPSA) is 15.3 Å². The molecule has 1 rings (SSSR count). The number of piperazine rings is 1. The molecule has 0 bridgehead atoms. The largest absolute Gasteiger partial charge is 0.309 e. The van der Waals surface area contributed by atoms with Gasteiger partial charge in [0.25, 0.3) is 0 Å². The second-order valence-corrected chi connectivity index (χ2v) is 8.06. The first-order chi connectivity index (χ1) is 9.32. The van der Waals surface area contributed by atoms with E-state index in [0.717, 1.165) is 6.54 Å². The molecule has 2 nitrogen and oxygen atoms in total. The molecule has 0 saturated carbocycles. The van der Waals surface area contributed by atoms with Crippen LogP contribution in [0.3, 0.4) is 0 Å². The lowest BCUT2D eigenvalue weighted by atomic mass is 9.81. The molecule has 0 aromatic heterocycles. The zero-order valence-corrected chi connectivity index (χ0v) is 14.9. The van der Waals surface area contributed by atoms with Gasteiger partial charge in [-0.15, -0.1) is 0 Å². The third kappa shape index (κ3) is 5.37. The van der Waals surface area contributed by atoms with Crippen molar-refractivity contribution < 1.29 is 0 Å². The highest BCUT2D eigenvalue weighted by molar-refractivity contribution is 4.98. The van der Waals surface area contributed by atoms with Gasteiger partial charge >= 0.3 is 0 Å². The SMILES string of the molecule is CCCCCCCN1CC(C)(CC)NCC1C(C)(C)C. The third-order valence-corrected chi connectivity index (χ3v) is 5.04. The smallest absolute Gasteiger partial charge is 0.0278 e. The normalized spacial score (nSPS) is 28.8. The number of unbranched alkanes of at least 4 members (excludes halogenated alkanes) is 4. The summed E-state index contributed by atoms with van der Waals surface area (Å²) in [6.45, 7) is 17.8. The first-order valence-electron chi connectivity index (χ1n) is 8.81. The van der Waals surface area contributed by atoms with E-state index in [1.54, 1.807) is 0 Å². The van der Waals surface area contributed by atoms with Gasteiger partial charge in [0.15, 0.2) is 0 Å². The lowest BCUT2D eigenvalue weighted by Gasteiger charge is -2.50. The van der Waals surface area contributed by atoms with Gasteiger partial charge in [0, 0.05) is 24.7 Å². The molecule has 1 aliphatic rings. The number of hydrogen-bond acceptors (Lipinski definition) is 2. The van der Waals surface area contributed by atoms with E-state index in [0.29, 0.717) is 17.0 Å². The van der Waals surface area contributed by atoms with Gasteiger partial charge in [-0.1, -0.05) is 60.3 Å². The van der Waals surface area contributed by atoms with E-state index in [2.05, 4.69) is 51.8 Å². The van der Waals surface area contributed by atoms with Gasteiger partial charge in [-0.3, -0.25) is 4.90 Å². The molecule has 0 aliphatic carbocycles. The van der Waals surface area contributed by atoms with E-state index >= 15 is 0 Å². The average Bonchev–Trinajstić information content (AvgIpc) is 2.37. The minimum atomic E-state index is 0.311. The van der Waals surface area contributed by atoms with Gasteiger partial charge in [-0.25, -0.2) is 0 Å². The van der Waals surface area contributed by atoms with Crippen LogP contribution in [0.4, 0.5) is 0 Å². The fraction of sp³-hybridized carbons (Fsp3) is 1.00. The molecule has 0 radical (unpaired) electrons. The van der Waals surface area contributed by atoms with Crippen LogP contribution in [0.15, 0.2) is 0 Å². The summed E-state index contributed by atoms with van der Waals surface area (Å²) < 4.78 is 0. The molecule has 2 heteroatoms. The number of nitrogens with one attached hydrogen (secondary N) is 1. The molecule has 1 fully saturated rings. The fourth-order valence-corrected chi connectivity index (χ4v) is 3.33. The Bertz CT molecular complexity index is 269. The Morgan fingerprint density at radius 2 is 1.75 bits per heavy atom. The molecule has 0 amide bonds. The zero-order chi connectivity index (χ0) is 15.2. The summed E-state index contributed by atoms with van der Waals surface area (Å²) in [5.74, 6) is 0. The molecule has 1 aliphatic heterocycles. The van der Waals surface area contributed by atoms with Crippen molar-refractivity contribution in [1.29, 1.82) is 0 Å². The van der Waals surface area contributed by atoms with Crippen LogP contribution in [0.1, 0.15) is 80.1 Å². The van der Waals surface area contributed by atoms with E-state index in [-0.39, 0.29) is 0 Å². The summed E-state index contributed by atoms with van der Waals surface area (Å²) in [6.07, 6.45) is 8.14. The van der Waals surface area contributed by atoms with Gasteiger partial charge in [0.1, 0.15) is 0 Å². The molecular formula is C18H38N2. The quantitative estimate of drug-likeness (QED) is 0.694. The highest BCUT2D eigenvalue weighted by atomic mass is 15.3. The highest BCUT2D eigenvalue weighted by Crippen LogP contribution is 2.30. The Hall–Kier alpha value is -0.0800. The van der Waals surface area contributed by atoms with Gasteiger partial charge in [0.05, 0.1) is 0 Å². The molecule has 1 saturated heterocycles. The number of rotatable bonds is 7. The Kier molecular flexibility index (Phi) is 7.00. The lowest BCUT2D eigenvalue weighted by molar-refractivity contribution is 0.0252. The van der Waals surface area contributed by atoms with Crippen molar-refractivity contribution in [3.63, 3.8) is 0 Å². The van der Waals surface area contributed by atoms with Crippen LogP contribution in [-0.4, -0.2) is 36.1 Å². The van der Waals surface area contributed by atoms with Crippen LogP contribution in [0.2, 0.25) is 0 Å². The standard InChI is InChI=1S/C18H38N2/c1-7-9-10-11-12-13-20-15-18(6,8-2)19-14-16(20)17(3,4)5/h16,19H,7-15H2,1-6H3. The van der Waals surface area contributed by atoms with Crippen molar-refractivity contribution in [3.05, 3.63) is 0 Å². The summed E-state index contributed by atoms with van der Waals surface area (Å²) in [7, 11) is 0. The van der Waals surface area contributed by atoms with Crippen LogP contribution in [0.25, 0.3) is 0 Å². The van der Waals surface area contributed by atoms with Crippen molar-refractivity contribution in [3.8, 4) is 0 Å². The predicted molar refractivity (Wildman–Crippen MR) is 90.3 cm³/mol. The van der Waals surface area contributed by atoms with E-state index in [1.165, 1.54) is 51.6 Å².